The fourth-order valence-electron chi connectivity index (χ4n) is 1.97. The number of anilines is 1. The minimum atomic E-state index is 0.817. The Morgan fingerprint density at radius 2 is 1.90 bits per heavy atom. The summed E-state index contributed by atoms with van der Waals surface area (Å²) >= 11 is 0. The molecule has 0 saturated heterocycles. The summed E-state index contributed by atoms with van der Waals surface area (Å²) < 4.78 is 0. The average molecular weight is 270 g/mol. The summed E-state index contributed by atoms with van der Waals surface area (Å²) in [6, 6.07) is 6.34. The molecular weight excluding hydrogens is 248 g/mol. The first kappa shape index (κ1) is 14.5. The van der Waals surface area contributed by atoms with Crippen LogP contribution in [0.5, 0.6) is 0 Å². The van der Waals surface area contributed by atoms with Gasteiger partial charge in [-0.1, -0.05) is 12.1 Å². The Morgan fingerprint density at radius 3 is 2.55 bits per heavy atom. The summed E-state index contributed by atoms with van der Waals surface area (Å²) in [7, 11) is 2.05. The average Bonchev–Trinajstić information content (AvgIpc) is 2.47. The minimum absolute atomic E-state index is 0.817. The van der Waals surface area contributed by atoms with Gasteiger partial charge in [0.25, 0.3) is 0 Å². The maximum absolute atomic E-state index is 4.46. The van der Waals surface area contributed by atoms with E-state index < -0.39 is 0 Å². The van der Waals surface area contributed by atoms with Gasteiger partial charge in [-0.25, -0.2) is 4.98 Å². The van der Waals surface area contributed by atoms with Crippen molar-refractivity contribution in [2.45, 2.75) is 26.9 Å². The first-order valence-corrected chi connectivity index (χ1v) is 6.96. The van der Waals surface area contributed by atoms with Gasteiger partial charge in [0.15, 0.2) is 0 Å². The third-order valence-electron chi connectivity index (χ3n) is 3.26. The van der Waals surface area contributed by atoms with Crippen LogP contribution in [0.1, 0.15) is 23.6 Å². The van der Waals surface area contributed by atoms with Crippen molar-refractivity contribution in [3.63, 3.8) is 0 Å². The summed E-state index contributed by atoms with van der Waals surface area (Å²) in [5.41, 5.74) is 3.59. The zero-order valence-electron chi connectivity index (χ0n) is 12.4. The van der Waals surface area contributed by atoms with Crippen LogP contribution in [0, 0.1) is 6.92 Å². The fourth-order valence-corrected chi connectivity index (χ4v) is 1.97. The number of pyridine rings is 2. The van der Waals surface area contributed by atoms with Crippen molar-refractivity contribution in [1.82, 2.24) is 15.3 Å². The van der Waals surface area contributed by atoms with Crippen LogP contribution in [0.4, 0.5) is 5.82 Å². The van der Waals surface area contributed by atoms with E-state index in [1.807, 2.05) is 25.6 Å². The van der Waals surface area contributed by atoms with Crippen LogP contribution in [-0.4, -0.2) is 23.6 Å². The highest BCUT2D eigenvalue weighted by atomic mass is 15.1. The van der Waals surface area contributed by atoms with Gasteiger partial charge in [-0.2, -0.15) is 0 Å². The summed E-state index contributed by atoms with van der Waals surface area (Å²) in [6.45, 7) is 6.78. The molecule has 1 N–H and O–H groups in total. The smallest absolute Gasteiger partial charge is 0.128 e. The Balaban J connectivity index is 1.85. The minimum Gasteiger partial charge on any atom is -0.360 e. The Labute approximate surface area is 120 Å². The molecule has 0 aliphatic heterocycles. The third-order valence-corrected chi connectivity index (χ3v) is 3.26. The Kier molecular flexibility index (Phi) is 5.07. The summed E-state index contributed by atoms with van der Waals surface area (Å²) in [6.07, 6.45) is 5.71. The molecule has 0 bridgehead atoms. The second-order valence-corrected chi connectivity index (χ2v) is 5.01. The highest BCUT2D eigenvalue weighted by molar-refractivity contribution is 5.37. The molecule has 0 atom stereocenters. The zero-order valence-corrected chi connectivity index (χ0v) is 12.4. The molecular formula is C16H22N4. The van der Waals surface area contributed by atoms with E-state index in [2.05, 4.69) is 52.2 Å². The van der Waals surface area contributed by atoms with Gasteiger partial charge in [0.1, 0.15) is 5.82 Å². The first-order chi connectivity index (χ1) is 9.69. The predicted molar refractivity (Wildman–Crippen MR) is 82.7 cm³/mol. The van der Waals surface area contributed by atoms with E-state index in [-0.39, 0.29) is 0 Å². The standard InChI is InChI=1S/C16H22N4/c1-4-20(3)16-6-5-14(12-19-16)9-18-11-15-7-13(2)8-17-10-15/h5-8,10,12,18H,4,9,11H2,1-3H3. The highest BCUT2D eigenvalue weighted by Crippen LogP contribution is 2.09. The number of nitrogens with zero attached hydrogens (tertiary/aromatic N) is 3. The summed E-state index contributed by atoms with van der Waals surface area (Å²) in [5, 5.41) is 3.41. The van der Waals surface area contributed by atoms with Gasteiger partial charge in [-0.05, 0) is 36.6 Å². The monoisotopic (exact) mass is 270 g/mol. The van der Waals surface area contributed by atoms with Crippen LogP contribution in [0.2, 0.25) is 0 Å². The molecule has 0 unspecified atom stereocenters. The number of aryl methyl sites for hydroxylation is 1. The number of hydrogen-bond donors (Lipinski definition) is 1. The van der Waals surface area contributed by atoms with Crippen molar-refractivity contribution in [1.29, 1.82) is 0 Å². The van der Waals surface area contributed by atoms with Crippen LogP contribution in [0.3, 0.4) is 0 Å². The molecule has 0 radical (unpaired) electrons. The molecule has 106 valence electrons. The second kappa shape index (κ2) is 7.01. The molecule has 0 amide bonds. The van der Waals surface area contributed by atoms with Crippen molar-refractivity contribution in [3.8, 4) is 0 Å². The Hall–Kier alpha value is -1.94. The first-order valence-electron chi connectivity index (χ1n) is 6.96. The van der Waals surface area contributed by atoms with E-state index >= 15 is 0 Å². The lowest BCUT2D eigenvalue weighted by Gasteiger charge is -2.15. The van der Waals surface area contributed by atoms with Gasteiger partial charge in [-0.3, -0.25) is 4.98 Å². The van der Waals surface area contributed by atoms with Gasteiger partial charge in [0.05, 0.1) is 0 Å². The molecule has 4 heteroatoms. The SMILES string of the molecule is CCN(C)c1ccc(CNCc2cncc(C)c2)cn1. The maximum atomic E-state index is 4.46. The van der Waals surface area contributed by atoms with Crippen molar-refractivity contribution in [2.24, 2.45) is 0 Å². The lowest BCUT2D eigenvalue weighted by atomic mass is 10.2. The van der Waals surface area contributed by atoms with Gasteiger partial charge in [0.2, 0.25) is 0 Å². The van der Waals surface area contributed by atoms with E-state index in [9.17, 15) is 0 Å². The van der Waals surface area contributed by atoms with Gasteiger partial charge in [0, 0.05) is 45.3 Å². The van der Waals surface area contributed by atoms with E-state index in [0.717, 1.165) is 25.5 Å². The molecule has 0 fully saturated rings. The molecule has 0 saturated carbocycles. The highest BCUT2D eigenvalue weighted by Gasteiger charge is 2.00. The molecule has 2 rings (SSSR count). The molecule has 0 aliphatic carbocycles. The molecule has 2 aromatic heterocycles. The van der Waals surface area contributed by atoms with Crippen molar-refractivity contribution in [2.75, 3.05) is 18.5 Å². The molecule has 2 aromatic rings. The van der Waals surface area contributed by atoms with E-state index in [4.69, 9.17) is 0 Å². The third kappa shape index (κ3) is 4.03. The lowest BCUT2D eigenvalue weighted by Crippen LogP contribution is -2.17. The molecule has 2 heterocycles. The van der Waals surface area contributed by atoms with Crippen molar-refractivity contribution >= 4 is 5.82 Å². The van der Waals surface area contributed by atoms with Crippen LogP contribution >= 0.6 is 0 Å². The second-order valence-electron chi connectivity index (χ2n) is 5.01. The van der Waals surface area contributed by atoms with E-state index in [0.29, 0.717) is 0 Å². The fraction of sp³-hybridized carbons (Fsp3) is 0.375. The quantitative estimate of drug-likeness (QED) is 0.876. The number of hydrogen-bond acceptors (Lipinski definition) is 4. The van der Waals surface area contributed by atoms with Crippen LogP contribution in [-0.2, 0) is 13.1 Å². The van der Waals surface area contributed by atoms with Crippen molar-refractivity contribution in [3.05, 3.63) is 53.5 Å². The maximum Gasteiger partial charge on any atom is 0.128 e. The largest absolute Gasteiger partial charge is 0.360 e. The Morgan fingerprint density at radius 1 is 1.10 bits per heavy atom. The molecule has 0 aliphatic rings. The molecule has 0 aromatic carbocycles. The summed E-state index contributed by atoms with van der Waals surface area (Å²) in [5.74, 6) is 1.01. The topological polar surface area (TPSA) is 41.0 Å². The number of rotatable bonds is 6. The van der Waals surface area contributed by atoms with Crippen LogP contribution < -0.4 is 10.2 Å². The lowest BCUT2D eigenvalue weighted by molar-refractivity contribution is 0.689. The van der Waals surface area contributed by atoms with Crippen molar-refractivity contribution < 1.29 is 0 Å². The zero-order chi connectivity index (χ0) is 14.4. The number of nitrogens with one attached hydrogen (secondary N) is 1. The number of aromatic nitrogens is 2. The molecule has 20 heavy (non-hydrogen) atoms. The normalized spacial score (nSPS) is 10.6. The van der Waals surface area contributed by atoms with E-state index in [1.54, 1.807) is 0 Å². The Bertz CT molecular complexity index is 536. The van der Waals surface area contributed by atoms with Gasteiger partial charge in [-0.15, -0.1) is 0 Å². The summed E-state index contributed by atoms with van der Waals surface area (Å²) in [4.78, 5) is 10.8. The van der Waals surface area contributed by atoms with Crippen LogP contribution in [0.25, 0.3) is 0 Å². The molecule has 0 spiro atoms. The van der Waals surface area contributed by atoms with E-state index in [1.165, 1.54) is 16.7 Å². The van der Waals surface area contributed by atoms with Gasteiger partial charge >= 0.3 is 0 Å². The van der Waals surface area contributed by atoms with Gasteiger partial charge < -0.3 is 10.2 Å². The predicted octanol–water partition coefficient (Wildman–Crippen LogP) is 2.53. The van der Waals surface area contributed by atoms with Crippen LogP contribution in [0.15, 0.2) is 36.8 Å². The molecule has 4 nitrogen and oxygen atoms in total.